The Labute approximate surface area is 189 Å². The summed E-state index contributed by atoms with van der Waals surface area (Å²) in [5.41, 5.74) is 3.69. The zero-order valence-electron chi connectivity index (χ0n) is 18.0. The topological polar surface area (TPSA) is 63.4 Å². The number of thioether (sulfide) groups is 1. The van der Waals surface area contributed by atoms with Crippen molar-refractivity contribution >= 4 is 39.0 Å². The van der Waals surface area contributed by atoms with Gasteiger partial charge in [0.1, 0.15) is 21.3 Å². The highest BCUT2D eigenvalue weighted by atomic mass is 32.2. The molecule has 0 bridgehead atoms. The van der Waals surface area contributed by atoms with Gasteiger partial charge in [0, 0.05) is 28.3 Å². The maximum atomic E-state index is 12.6. The number of aryl methyl sites for hydroxylation is 3. The van der Waals surface area contributed by atoms with Crippen molar-refractivity contribution in [3.8, 4) is 0 Å². The smallest absolute Gasteiger partial charge is 0.258 e. The van der Waals surface area contributed by atoms with Gasteiger partial charge in [-0.3, -0.25) is 14.1 Å². The molecule has 0 unspecified atom stereocenters. The Morgan fingerprint density at radius 2 is 1.90 bits per heavy atom. The lowest BCUT2D eigenvalue weighted by Crippen LogP contribution is -2.20. The van der Waals surface area contributed by atoms with Crippen molar-refractivity contribution in [3.63, 3.8) is 0 Å². The van der Waals surface area contributed by atoms with Gasteiger partial charge in [0.15, 0.2) is 0 Å². The highest BCUT2D eigenvalue weighted by Crippen LogP contribution is 2.36. The van der Waals surface area contributed by atoms with E-state index in [2.05, 4.69) is 18.7 Å². The quantitative estimate of drug-likeness (QED) is 0.329. The first-order chi connectivity index (χ1) is 15.0. The van der Waals surface area contributed by atoms with Crippen LogP contribution in [0.15, 0.2) is 34.2 Å². The number of hydrogen-bond acceptors (Lipinski definition) is 7. The van der Waals surface area contributed by atoms with Crippen LogP contribution in [0.1, 0.15) is 40.4 Å². The van der Waals surface area contributed by atoms with Gasteiger partial charge in [-0.2, -0.15) is 0 Å². The number of aromatic nitrogens is 4. The fourth-order valence-corrected chi connectivity index (χ4v) is 6.15. The van der Waals surface area contributed by atoms with Gasteiger partial charge in [0.05, 0.1) is 12.2 Å². The van der Waals surface area contributed by atoms with Crippen LogP contribution in [0.25, 0.3) is 15.9 Å². The Morgan fingerprint density at radius 1 is 1.10 bits per heavy atom. The summed E-state index contributed by atoms with van der Waals surface area (Å²) < 4.78 is 1.60. The average Bonchev–Trinajstić information content (AvgIpc) is 3.35. The molecule has 4 aromatic heterocycles. The molecule has 0 aromatic carbocycles. The fraction of sp³-hybridized carbons (Fsp3) is 0.391. The summed E-state index contributed by atoms with van der Waals surface area (Å²) in [7, 11) is 0. The van der Waals surface area contributed by atoms with E-state index in [1.807, 2.05) is 25.3 Å². The van der Waals surface area contributed by atoms with E-state index in [0.29, 0.717) is 11.4 Å². The molecule has 0 radical (unpaired) electrons. The molecular weight excluding hydrogens is 426 g/mol. The molecule has 0 N–H and O–H groups in total. The Bertz CT molecular complexity index is 1340. The van der Waals surface area contributed by atoms with Crippen LogP contribution < -0.4 is 5.56 Å². The molecule has 1 aliphatic heterocycles. The largest absolute Gasteiger partial charge is 0.296 e. The number of likely N-dealkylation sites (tertiary alicyclic amines) is 1. The highest BCUT2D eigenvalue weighted by Gasteiger charge is 2.18. The third-order valence-corrected chi connectivity index (χ3v) is 7.93. The average molecular weight is 452 g/mol. The molecule has 1 fully saturated rings. The molecule has 0 atom stereocenters. The van der Waals surface area contributed by atoms with Crippen molar-refractivity contribution in [1.29, 1.82) is 0 Å². The normalized spacial score (nSPS) is 14.8. The van der Waals surface area contributed by atoms with Crippen LogP contribution in [0.5, 0.6) is 0 Å². The number of thiophene rings is 1. The van der Waals surface area contributed by atoms with Crippen LogP contribution in [0.4, 0.5) is 0 Å². The summed E-state index contributed by atoms with van der Waals surface area (Å²) in [6, 6.07) is 5.51. The Kier molecular flexibility index (Phi) is 5.54. The summed E-state index contributed by atoms with van der Waals surface area (Å²) in [4.78, 5) is 31.9. The first kappa shape index (κ1) is 20.6. The van der Waals surface area contributed by atoms with Gasteiger partial charge in [-0.25, -0.2) is 15.0 Å². The second-order valence-electron chi connectivity index (χ2n) is 8.20. The standard InChI is InChI=1S/C23H25N5OS2/c1-14-6-7-19-24-17(10-20(29)28(19)11-14)13-30-22-21-15(2)16(3)31-23(21)26-18(25-22)12-27-8-4-5-9-27/h6-7,10-11H,4-5,8-9,12-13H2,1-3H3. The van der Waals surface area contributed by atoms with Crippen molar-refractivity contribution in [2.24, 2.45) is 0 Å². The van der Waals surface area contributed by atoms with Crippen LogP contribution in [0.3, 0.4) is 0 Å². The number of rotatable bonds is 5. The molecule has 5 heterocycles. The summed E-state index contributed by atoms with van der Waals surface area (Å²) in [5, 5.41) is 2.14. The predicted molar refractivity (Wildman–Crippen MR) is 127 cm³/mol. The van der Waals surface area contributed by atoms with Crippen LogP contribution in [-0.4, -0.2) is 37.3 Å². The molecule has 5 rings (SSSR count). The van der Waals surface area contributed by atoms with E-state index in [-0.39, 0.29) is 5.56 Å². The Hall–Kier alpha value is -2.29. The number of fused-ring (bicyclic) bond motifs is 2. The second kappa shape index (κ2) is 8.33. The molecule has 6 nitrogen and oxygen atoms in total. The summed E-state index contributed by atoms with van der Waals surface area (Å²) >= 11 is 3.39. The van der Waals surface area contributed by atoms with Crippen LogP contribution in [-0.2, 0) is 12.3 Å². The molecule has 0 spiro atoms. The minimum Gasteiger partial charge on any atom is -0.296 e. The molecule has 1 saturated heterocycles. The van der Waals surface area contributed by atoms with Crippen molar-refractivity contribution in [1.82, 2.24) is 24.3 Å². The van der Waals surface area contributed by atoms with Crippen LogP contribution in [0, 0.1) is 20.8 Å². The van der Waals surface area contributed by atoms with Gasteiger partial charge < -0.3 is 0 Å². The molecular formula is C23H25N5OS2. The summed E-state index contributed by atoms with van der Waals surface area (Å²) in [6.45, 7) is 9.30. The number of pyridine rings is 1. The van der Waals surface area contributed by atoms with Crippen molar-refractivity contribution in [2.45, 2.75) is 50.9 Å². The summed E-state index contributed by atoms with van der Waals surface area (Å²) in [5.74, 6) is 1.49. The van der Waals surface area contributed by atoms with Gasteiger partial charge >= 0.3 is 0 Å². The van der Waals surface area contributed by atoms with E-state index in [0.717, 1.165) is 52.0 Å². The molecule has 1 aliphatic rings. The minimum atomic E-state index is -0.0468. The van der Waals surface area contributed by atoms with Crippen LogP contribution >= 0.6 is 23.1 Å². The molecule has 8 heteroatoms. The molecule has 4 aromatic rings. The number of nitrogens with zero attached hydrogens (tertiary/aromatic N) is 5. The van der Waals surface area contributed by atoms with E-state index in [1.54, 1.807) is 33.6 Å². The van der Waals surface area contributed by atoms with Gasteiger partial charge in [-0.05, 0) is 63.9 Å². The van der Waals surface area contributed by atoms with Gasteiger partial charge in [0.2, 0.25) is 0 Å². The Balaban J connectivity index is 1.48. The monoisotopic (exact) mass is 451 g/mol. The van der Waals surface area contributed by atoms with E-state index in [4.69, 9.17) is 15.0 Å². The maximum absolute atomic E-state index is 12.6. The lowest BCUT2D eigenvalue weighted by atomic mass is 10.2. The zero-order chi connectivity index (χ0) is 21.5. The third-order valence-electron chi connectivity index (χ3n) is 5.82. The molecule has 0 saturated carbocycles. The molecule has 160 valence electrons. The van der Waals surface area contributed by atoms with Crippen molar-refractivity contribution < 1.29 is 0 Å². The van der Waals surface area contributed by atoms with E-state index in [1.165, 1.54) is 23.3 Å². The van der Waals surface area contributed by atoms with Gasteiger partial charge in [-0.15, -0.1) is 11.3 Å². The van der Waals surface area contributed by atoms with E-state index in [9.17, 15) is 4.79 Å². The van der Waals surface area contributed by atoms with Gasteiger partial charge in [-0.1, -0.05) is 17.8 Å². The van der Waals surface area contributed by atoms with E-state index < -0.39 is 0 Å². The SMILES string of the molecule is Cc1ccc2nc(CSc3nc(CN4CCCC4)nc4sc(C)c(C)c34)cc(=O)n2c1. The second-order valence-corrected chi connectivity index (χ2v) is 10.4. The first-order valence-electron chi connectivity index (χ1n) is 10.6. The predicted octanol–water partition coefficient (Wildman–Crippen LogP) is 4.51. The maximum Gasteiger partial charge on any atom is 0.258 e. The zero-order valence-corrected chi connectivity index (χ0v) is 19.6. The Morgan fingerprint density at radius 3 is 2.71 bits per heavy atom. The molecule has 0 aliphatic carbocycles. The minimum absolute atomic E-state index is 0.0468. The lowest BCUT2D eigenvalue weighted by Gasteiger charge is -2.14. The molecule has 31 heavy (non-hydrogen) atoms. The molecule has 0 amide bonds. The third kappa shape index (κ3) is 4.12. The fourth-order valence-electron chi connectivity index (χ4n) is 4.05. The number of hydrogen-bond donors (Lipinski definition) is 0. The summed E-state index contributed by atoms with van der Waals surface area (Å²) in [6.07, 6.45) is 4.34. The highest BCUT2D eigenvalue weighted by molar-refractivity contribution is 7.98. The first-order valence-corrected chi connectivity index (χ1v) is 12.4. The van der Waals surface area contributed by atoms with Crippen LogP contribution in [0.2, 0.25) is 0 Å². The van der Waals surface area contributed by atoms with Crippen molar-refractivity contribution in [2.75, 3.05) is 13.1 Å². The van der Waals surface area contributed by atoms with Crippen molar-refractivity contribution in [3.05, 3.63) is 62.3 Å². The van der Waals surface area contributed by atoms with Gasteiger partial charge in [0.25, 0.3) is 5.56 Å². The lowest BCUT2D eigenvalue weighted by molar-refractivity contribution is 0.322. The van der Waals surface area contributed by atoms with E-state index >= 15 is 0 Å².